The van der Waals surface area contributed by atoms with Gasteiger partial charge in [-0.2, -0.15) is 5.10 Å². The molecule has 3 rings (SSSR count). The Morgan fingerprint density at radius 1 is 0.931 bits per heavy atom. The number of para-hydroxylation sites is 2. The number of hydrogen-bond acceptors (Lipinski definition) is 5. The van der Waals surface area contributed by atoms with Crippen LogP contribution in [0, 0.1) is 0 Å². The van der Waals surface area contributed by atoms with Gasteiger partial charge in [0.1, 0.15) is 12.4 Å². The molecule has 0 spiro atoms. The minimum absolute atomic E-state index is 0.307. The number of methoxy groups -OCH3 is 2. The number of ether oxygens (including phenoxy) is 3. The summed E-state index contributed by atoms with van der Waals surface area (Å²) in [5.74, 6) is 1.64. The first-order chi connectivity index (χ1) is 14.2. The fraction of sp³-hybridized carbons (Fsp3) is 0.130. The molecule has 0 aromatic heterocycles. The van der Waals surface area contributed by atoms with Crippen molar-refractivity contribution >= 4 is 12.1 Å². The number of carbonyl (C=O) groups excluding carboxylic acids is 1. The van der Waals surface area contributed by atoms with Crippen molar-refractivity contribution in [1.29, 1.82) is 0 Å². The summed E-state index contributed by atoms with van der Waals surface area (Å²) < 4.78 is 16.3. The van der Waals surface area contributed by atoms with Gasteiger partial charge < -0.3 is 14.2 Å². The van der Waals surface area contributed by atoms with Crippen molar-refractivity contribution in [1.82, 2.24) is 5.43 Å². The summed E-state index contributed by atoms with van der Waals surface area (Å²) in [6, 6.07) is 22.2. The van der Waals surface area contributed by atoms with E-state index in [4.69, 9.17) is 14.2 Å². The Morgan fingerprint density at radius 3 is 2.38 bits per heavy atom. The zero-order valence-corrected chi connectivity index (χ0v) is 16.3. The summed E-state index contributed by atoms with van der Waals surface area (Å²) in [6.07, 6.45) is 1.52. The van der Waals surface area contributed by atoms with Crippen molar-refractivity contribution in [3.63, 3.8) is 0 Å². The van der Waals surface area contributed by atoms with Gasteiger partial charge in [0.15, 0.2) is 11.5 Å². The molecule has 148 valence electrons. The van der Waals surface area contributed by atoms with E-state index in [9.17, 15) is 4.79 Å². The Kier molecular flexibility index (Phi) is 6.84. The van der Waals surface area contributed by atoms with Crippen LogP contribution in [0.4, 0.5) is 0 Å². The highest BCUT2D eigenvalue weighted by molar-refractivity contribution is 5.95. The lowest BCUT2D eigenvalue weighted by molar-refractivity contribution is 0.0955. The minimum Gasteiger partial charge on any atom is -0.493 e. The SMILES string of the molecule is COc1cccc(/C=N\NC(=O)c2ccc(COc3ccccc3)cc2)c1OC. The highest BCUT2D eigenvalue weighted by Gasteiger charge is 2.08. The first kappa shape index (κ1) is 19.9. The van der Waals surface area contributed by atoms with Crippen molar-refractivity contribution < 1.29 is 19.0 Å². The summed E-state index contributed by atoms with van der Waals surface area (Å²) in [4.78, 5) is 12.3. The number of nitrogens with one attached hydrogen (secondary N) is 1. The predicted molar refractivity (Wildman–Crippen MR) is 112 cm³/mol. The van der Waals surface area contributed by atoms with E-state index in [1.165, 1.54) is 6.21 Å². The zero-order valence-electron chi connectivity index (χ0n) is 16.3. The second kappa shape index (κ2) is 9.94. The van der Waals surface area contributed by atoms with Gasteiger partial charge in [0.05, 0.1) is 20.4 Å². The number of hydrazone groups is 1. The van der Waals surface area contributed by atoms with Crippen LogP contribution in [0.2, 0.25) is 0 Å². The Hall–Kier alpha value is -3.80. The van der Waals surface area contributed by atoms with Crippen molar-refractivity contribution in [2.24, 2.45) is 5.10 Å². The molecule has 0 bridgehead atoms. The third-order valence-corrected chi connectivity index (χ3v) is 4.17. The molecule has 0 atom stereocenters. The zero-order chi connectivity index (χ0) is 20.5. The molecule has 6 nitrogen and oxygen atoms in total. The maximum Gasteiger partial charge on any atom is 0.271 e. The lowest BCUT2D eigenvalue weighted by Crippen LogP contribution is -2.17. The number of hydrogen-bond donors (Lipinski definition) is 1. The van der Waals surface area contributed by atoms with Crippen LogP contribution < -0.4 is 19.6 Å². The highest BCUT2D eigenvalue weighted by Crippen LogP contribution is 2.29. The molecule has 1 N–H and O–H groups in total. The fourth-order valence-electron chi connectivity index (χ4n) is 2.67. The molecule has 0 fully saturated rings. The third-order valence-electron chi connectivity index (χ3n) is 4.17. The van der Waals surface area contributed by atoms with Crippen LogP contribution in [0.3, 0.4) is 0 Å². The number of nitrogens with zero attached hydrogens (tertiary/aromatic N) is 1. The quantitative estimate of drug-likeness (QED) is 0.465. The van der Waals surface area contributed by atoms with Gasteiger partial charge in [0.25, 0.3) is 5.91 Å². The number of carbonyl (C=O) groups is 1. The number of benzene rings is 3. The van der Waals surface area contributed by atoms with Gasteiger partial charge in [-0.25, -0.2) is 5.43 Å². The Labute approximate surface area is 169 Å². The maximum absolute atomic E-state index is 12.3. The summed E-state index contributed by atoms with van der Waals surface area (Å²) >= 11 is 0. The standard InChI is InChI=1S/C23H22N2O4/c1-27-21-10-6-7-19(22(21)28-2)15-24-25-23(26)18-13-11-17(12-14-18)16-29-20-8-4-3-5-9-20/h3-15H,16H2,1-2H3,(H,25,26)/b24-15-. The summed E-state index contributed by atoms with van der Waals surface area (Å²) in [6.45, 7) is 0.430. The summed E-state index contributed by atoms with van der Waals surface area (Å²) in [7, 11) is 3.12. The summed E-state index contributed by atoms with van der Waals surface area (Å²) in [5, 5.41) is 4.02. The molecule has 0 unspecified atom stereocenters. The van der Waals surface area contributed by atoms with Crippen molar-refractivity contribution in [2.75, 3.05) is 14.2 Å². The van der Waals surface area contributed by atoms with Crippen molar-refractivity contribution in [3.8, 4) is 17.2 Å². The largest absolute Gasteiger partial charge is 0.493 e. The molecule has 0 radical (unpaired) electrons. The molecule has 1 amide bonds. The van der Waals surface area contributed by atoms with E-state index in [1.807, 2.05) is 54.6 Å². The van der Waals surface area contributed by atoms with Crippen LogP contribution in [0.1, 0.15) is 21.5 Å². The van der Waals surface area contributed by atoms with Crippen LogP contribution in [-0.4, -0.2) is 26.3 Å². The second-order valence-corrected chi connectivity index (χ2v) is 6.08. The van der Waals surface area contributed by atoms with Gasteiger partial charge in [-0.15, -0.1) is 0 Å². The molecule has 3 aromatic rings. The van der Waals surface area contributed by atoms with E-state index in [0.717, 1.165) is 11.3 Å². The van der Waals surface area contributed by atoms with E-state index in [2.05, 4.69) is 10.5 Å². The van der Waals surface area contributed by atoms with E-state index in [-0.39, 0.29) is 5.91 Å². The van der Waals surface area contributed by atoms with Crippen LogP contribution in [0.25, 0.3) is 0 Å². The maximum atomic E-state index is 12.3. The molecule has 0 aliphatic rings. The van der Waals surface area contributed by atoms with Gasteiger partial charge in [-0.05, 0) is 42.0 Å². The van der Waals surface area contributed by atoms with Crippen LogP contribution in [0.5, 0.6) is 17.2 Å². The first-order valence-corrected chi connectivity index (χ1v) is 9.02. The lowest BCUT2D eigenvalue weighted by Gasteiger charge is -2.09. The van der Waals surface area contributed by atoms with E-state index in [0.29, 0.717) is 29.2 Å². The summed E-state index contributed by atoms with van der Waals surface area (Å²) in [5.41, 5.74) is 4.68. The number of rotatable bonds is 8. The molecular weight excluding hydrogens is 368 g/mol. The topological polar surface area (TPSA) is 69.2 Å². The van der Waals surface area contributed by atoms with Gasteiger partial charge in [0, 0.05) is 11.1 Å². The molecule has 0 saturated heterocycles. The molecule has 0 saturated carbocycles. The normalized spacial score (nSPS) is 10.6. The smallest absolute Gasteiger partial charge is 0.271 e. The molecule has 29 heavy (non-hydrogen) atoms. The third kappa shape index (κ3) is 5.35. The Bertz CT molecular complexity index is 970. The van der Waals surface area contributed by atoms with E-state index >= 15 is 0 Å². The first-order valence-electron chi connectivity index (χ1n) is 9.02. The van der Waals surface area contributed by atoms with Gasteiger partial charge in [0.2, 0.25) is 0 Å². The monoisotopic (exact) mass is 390 g/mol. The average molecular weight is 390 g/mol. The predicted octanol–water partition coefficient (Wildman–Crippen LogP) is 4.05. The molecular formula is C23H22N2O4. The molecule has 6 heteroatoms. The van der Waals surface area contributed by atoms with Gasteiger partial charge in [-0.3, -0.25) is 4.79 Å². The molecule has 0 aliphatic carbocycles. The van der Waals surface area contributed by atoms with Crippen molar-refractivity contribution in [3.05, 3.63) is 89.5 Å². The second-order valence-electron chi connectivity index (χ2n) is 6.08. The number of amides is 1. The van der Waals surface area contributed by atoms with E-state index in [1.54, 1.807) is 32.4 Å². The highest BCUT2D eigenvalue weighted by atomic mass is 16.5. The van der Waals surface area contributed by atoms with Crippen LogP contribution >= 0.6 is 0 Å². The van der Waals surface area contributed by atoms with E-state index < -0.39 is 0 Å². The Morgan fingerprint density at radius 2 is 1.69 bits per heavy atom. The Balaban J connectivity index is 1.58. The van der Waals surface area contributed by atoms with Crippen molar-refractivity contribution in [2.45, 2.75) is 6.61 Å². The molecule has 0 aliphatic heterocycles. The minimum atomic E-state index is -0.307. The fourth-order valence-corrected chi connectivity index (χ4v) is 2.67. The molecule has 0 heterocycles. The molecule has 3 aromatic carbocycles. The van der Waals surface area contributed by atoms with Gasteiger partial charge >= 0.3 is 0 Å². The van der Waals surface area contributed by atoms with Gasteiger partial charge in [-0.1, -0.05) is 36.4 Å². The lowest BCUT2D eigenvalue weighted by atomic mass is 10.1. The van der Waals surface area contributed by atoms with Crippen LogP contribution in [-0.2, 0) is 6.61 Å². The van der Waals surface area contributed by atoms with Crippen LogP contribution in [0.15, 0.2) is 77.9 Å². The average Bonchev–Trinajstić information content (AvgIpc) is 2.78.